The molecular weight excluding hydrogens is 661 g/mol. The summed E-state index contributed by atoms with van der Waals surface area (Å²) in [5, 5.41) is 23.6. The average molecular weight is 695 g/mol. The van der Waals surface area contributed by atoms with Gasteiger partial charge in [-0.15, -0.1) is 0 Å². The van der Waals surface area contributed by atoms with Gasteiger partial charge < -0.3 is 30.6 Å². The van der Waals surface area contributed by atoms with E-state index in [2.05, 4.69) is 10.6 Å². The predicted molar refractivity (Wildman–Crippen MR) is 172 cm³/mol. The number of carboxylic acids is 2. The van der Waals surface area contributed by atoms with Gasteiger partial charge in [-0.2, -0.15) is 13.2 Å². The number of hydrogen-bond acceptors (Lipinski definition) is 6. The average Bonchev–Trinajstić information content (AvgIpc) is 3.05. The number of fused-ring (bicyclic) bond motifs is 2. The Balaban J connectivity index is 1.37. The van der Waals surface area contributed by atoms with Gasteiger partial charge >= 0.3 is 18.1 Å². The van der Waals surface area contributed by atoms with Crippen molar-refractivity contribution in [2.75, 3.05) is 38.5 Å². The smallest absolute Gasteiger partial charge is 0.417 e. The molecule has 2 aliphatic heterocycles. The minimum atomic E-state index is -5.04. The molecule has 4 amide bonds. The first-order valence-corrected chi connectivity index (χ1v) is 15.5. The highest BCUT2D eigenvalue weighted by atomic mass is 19.4. The van der Waals surface area contributed by atoms with Crippen molar-refractivity contribution in [3.63, 3.8) is 0 Å². The van der Waals surface area contributed by atoms with Crippen molar-refractivity contribution >= 4 is 41.3 Å². The highest BCUT2D eigenvalue weighted by Crippen LogP contribution is 2.37. The second-order valence-corrected chi connectivity index (χ2v) is 12.6. The standard InChI is InChI=1S/C35H33F3N4O8/c1-17-4-6-22(18(2)8-17)31(45)41-13-19-9-20(14-41)16-42(15-19)32(46)23-7-5-21(10-28(23)35(36,37)38)40-30(44)25-12-26(33(47)48)24(29(43)39-3)11-27(25)34(49)50/h4-8,10-12,19-20H,9,13-16H2,1-3H3,(H,39,43)(H,40,44)(H,47,48)(H,49,50). The van der Waals surface area contributed by atoms with E-state index in [1.165, 1.54) is 11.9 Å². The van der Waals surface area contributed by atoms with Gasteiger partial charge in [0.1, 0.15) is 0 Å². The number of aryl methyl sites for hydroxylation is 2. The van der Waals surface area contributed by atoms with Crippen LogP contribution in [0.1, 0.15) is 85.3 Å². The molecule has 0 saturated carbocycles. The third-order valence-corrected chi connectivity index (χ3v) is 8.92. The van der Waals surface area contributed by atoms with Crippen LogP contribution < -0.4 is 10.6 Å². The lowest BCUT2D eigenvalue weighted by atomic mass is 9.84. The van der Waals surface area contributed by atoms with Crippen LogP contribution in [0.3, 0.4) is 0 Å². The summed E-state index contributed by atoms with van der Waals surface area (Å²) >= 11 is 0. The van der Waals surface area contributed by atoms with Gasteiger partial charge in [0.05, 0.1) is 33.4 Å². The maximum Gasteiger partial charge on any atom is 0.417 e. The van der Waals surface area contributed by atoms with Crippen molar-refractivity contribution in [3.05, 3.63) is 98.6 Å². The Labute approximate surface area is 283 Å². The number of carbonyl (C=O) groups excluding carboxylic acids is 4. The molecule has 2 unspecified atom stereocenters. The number of benzene rings is 3. The van der Waals surface area contributed by atoms with Gasteiger partial charge in [0.2, 0.25) is 0 Å². The van der Waals surface area contributed by atoms with Crippen LogP contribution in [0.15, 0.2) is 48.5 Å². The summed E-state index contributed by atoms with van der Waals surface area (Å²) in [6.07, 6.45) is -4.33. The first kappa shape index (κ1) is 35.6. The molecule has 5 rings (SSSR count). The van der Waals surface area contributed by atoms with Gasteiger partial charge in [0.25, 0.3) is 23.6 Å². The predicted octanol–water partition coefficient (Wildman–Crippen LogP) is 4.56. The van der Waals surface area contributed by atoms with Crippen LogP contribution in [-0.4, -0.2) is 88.8 Å². The topological polar surface area (TPSA) is 173 Å². The summed E-state index contributed by atoms with van der Waals surface area (Å²) in [5.41, 5.74) is -2.75. The normalized spacial score (nSPS) is 17.2. The van der Waals surface area contributed by atoms with Crippen molar-refractivity contribution in [2.24, 2.45) is 11.8 Å². The third kappa shape index (κ3) is 7.16. The molecule has 2 saturated heterocycles. The summed E-state index contributed by atoms with van der Waals surface area (Å²) in [5.74, 6) is -6.85. The van der Waals surface area contributed by atoms with Gasteiger partial charge in [0, 0.05) is 44.5 Å². The molecule has 262 valence electrons. The molecule has 50 heavy (non-hydrogen) atoms. The monoisotopic (exact) mass is 694 g/mol. The van der Waals surface area contributed by atoms with E-state index < -0.39 is 74.9 Å². The molecule has 0 spiro atoms. The fourth-order valence-corrected chi connectivity index (χ4v) is 6.71. The number of amides is 4. The Hall–Kier alpha value is -5.73. The number of halogens is 3. The minimum absolute atomic E-state index is 0.133. The van der Waals surface area contributed by atoms with Crippen LogP contribution in [0.5, 0.6) is 0 Å². The van der Waals surface area contributed by atoms with Crippen molar-refractivity contribution < 1.29 is 52.2 Å². The number of likely N-dealkylation sites (tertiary alicyclic amines) is 2. The van der Waals surface area contributed by atoms with Crippen molar-refractivity contribution in [1.29, 1.82) is 0 Å². The Kier molecular flexibility index (Phi) is 9.71. The van der Waals surface area contributed by atoms with Crippen LogP contribution in [0.4, 0.5) is 18.9 Å². The lowest BCUT2D eigenvalue weighted by molar-refractivity contribution is -0.138. The van der Waals surface area contributed by atoms with Gasteiger partial charge in [-0.25, -0.2) is 9.59 Å². The SMILES string of the molecule is CNC(=O)c1cc(C(=O)O)c(C(=O)Nc2ccc(C(=O)N3CC4CC(CN(C(=O)c5ccc(C)cc5C)C4)C3)c(C(F)(F)F)c2)cc1C(=O)O. The molecule has 15 heteroatoms. The molecule has 12 nitrogen and oxygen atoms in total. The molecule has 2 bridgehead atoms. The Morgan fingerprint density at radius 3 is 1.66 bits per heavy atom. The number of alkyl halides is 3. The summed E-state index contributed by atoms with van der Waals surface area (Å²) in [7, 11) is 1.18. The van der Waals surface area contributed by atoms with Crippen LogP contribution >= 0.6 is 0 Å². The lowest BCUT2D eigenvalue weighted by Gasteiger charge is -2.46. The second kappa shape index (κ2) is 13.6. The quantitative estimate of drug-likeness (QED) is 0.279. The fourth-order valence-electron chi connectivity index (χ4n) is 6.71. The summed E-state index contributed by atoms with van der Waals surface area (Å²) in [6, 6.07) is 9.39. The van der Waals surface area contributed by atoms with Gasteiger partial charge in [-0.1, -0.05) is 17.7 Å². The van der Waals surface area contributed by atoms with Crippen LogP contribution in [0.25, 0.3) is 0 Å². The van der Waals surface area contributed by atoms with Gasteiger partial charge in [-0.3, -0.25) is 19.2 Å². The number of piperidine rings is 2. The van der Waals surface area contributed by atoms with Gasteiger partial charge in [-0.05, 0) is 74.1 Å². The van der Waals surface area contributed by atoms with E-state index in [0.29, 0.717) is 43.3 Å². The molecule has 2 heterocycles. The Morgan fingerprint density at radius 1 is 0.680 bits per heavy atom. The molecule has 2 aliphatic rings. The summed E-state index contributed by atoms with van der Waals surface area (Å²) in [4.78, 5) is 79.0. The maximum atomic E-state index is 14.4. The number of anilines is 1. The molecule has 2 atom stereocenters. The zero-order chi connectivity index (χ0) is 36.7. The van der Waals surface area contributed by atoms with E-state index in [4.69, 9.17) is 0 Å². The summed E-state index contributed by atoms with van der Waals surface area (Å²) in [6.45, 7) is 4.74. The second-order valence-electron chi connectivity index (χ2n) is 12.6. The highest BCUT2D eigenvalue weighted by molar-refractivity contribution is 6.15. The Bertz CT molecular complexity index is 1930. The largest absolute Gasteiger partial charge is 0.478 e. The molecular formula is C35H33F3N4O8. The zero-order valence-electron chi connectivity index (χ0n) is 27.2. The van der Waals surface area contributed by atoms with E-state index >= 15 is 0 Å². The number of aromatic carboxylic acids is 2. The summed E-state index contributed by atoms with van der Waals surface area (Å²) < 4.78 is 43.1. The molecule has 3 aromatic carbocycles. The molecule has 4 N–H and O–H groups in total. The molecule has 0 radical (unpaired) electrons. The number of carboxylic acid groups (broad SMARTS) is 2. The number of hydrogen-bond donors (Lipinski definition) is 4. The van der Waals surface area contributed by atoms with Gasteiger partial charge in [0.15, 0.2) is 0 Å². The number of nitrogens with one attached hydrogen (secondary N) is 2. The van der Waals surface area contributed by atoms with E-state index in [0.717, 1.165) is 23.3 Å². The number of rotatable bonds is 7. The number of carbonyl (C=O) groups is 6. The first-order valence-electron chi connectivity index (χ1n) is 15.5. The van der Waals surface area contributed by atoms with Crippen molar-refractivity contribution in [3.8, 4) is 0 Å². The molecule has 0 aromatic heterocycles. The minimum Gasteiger partial charge on any atom is -0.478 e. The lowest BCUT2D eigenvalue weighted by Crippen LogP contribution is -2.55. The molecule has 3 aromatic rings. The van der Waals surface area contributed by atoms with E-state index in [9.17, 15) is 52.2 Å². The van der Waals surface area contributed by atoms with E-state index in [1.807, 2.05) is 26.0 Å². The first-order chi connectivity index (χ1) is 23.5. The third-order valence-electron chi connectivity index (χ3n) is 8.92. The molecule has 2 fully saturated rings. The highest BCUT2D eigenvalue weighted by Gasteiger charge is 2.41. The van der Waals surface area contributed by atoms with Crippen molar-refractivity contribution in [1.82, 2.24) is 15.1 Å². The van der Waals surface area contributed by atoms with Crippen LogP contribution in [0.2, 0.25) is 0 Å². The fraction of sp³-hybridized carbons (Fsp3) is 0.314. The van der Waals surface area contributed by atoms with Crippen molar-refractivity contribution in [2.45, 2.75) is 26.4 Å². The number of nitrogens with zero attached hydrogens (tertiary/aromatic N) is 2. The van der Waals surface area contributed by atoms with Crippen LogP contribution in [-0.2, 0) is 6.18 Å². The van der Waals surface area contributed by atoms with E-state index in [-0.39, 0.29) is 30.8 Å². The van der Waals surface area contributed by atoms with Crippen LogP contribution in [0, 0.1) is 25.7 Å². The Morgan fingerprint density at radius 2 is 1.18 bits per heavy atom. The maximum absolute atomic E-state index is 14.4. The molecule has 0 aliphatic carbocycles. The van der Waals surface area contributed by atoms with E-state index in [1.54, 1.807) is 11.0 Å². The zero-order valence-corrected chi connectivity index (χ0v) is 27.2.